The first kappa shape index (κ1) is 16.0. The third-order valence-electron chi connectivity index (χ3n) is 2.41. The lowest BCUT2D eigenvalue weighted by atomic mass is 10.1. The topological polar surface area (TPSA) is 55.8 Å². The van der Waals surface area contributed by atoms with Gasteiger partial charge >= 0.3 is 12.3 Å². The van der Waals surface area contributed by atoms with Gasteiger partial charge in [-0.1, -0.05) is 6.07 Å². The van der Waals surface area contributed by atoms with Gasteiger partial charge in [0.05, 0.1) is 18.4 Å². The van der Waals surface area contributed by atoms with E-state index in [0.717, 1.165) is 14.0 Å². The number of rotatable bonds is 3. The lowest BCUT2D eigenvalue weighted by molar-refractivity contribution is -0.327. The predicted molar refractivity (Wildman–Crippen MR) is 62.8 cm³/mol. The molecular formula is C12H12F3NO4. The molecule has 1 amide bonds. The molecule has 0 bridgehead atoms. The van der Waals surface area contributed by atoms with E-state index < -0.39 is 18.2 Å². The van der Waals surface area contributed by atoms with Crippen molar-refractivity contribution in [1.29, 1.82) is 0 Å². The number of nitrogens with zero attached hydrogens (tertiary/aromatic N) is 1. The van der Waals surface area contributed by atoms with Gasteiger partial charge in [0.15, 0.2) is 0 Å². The van der Waals surface area contributed by atoms with Crippen molar-refractivity contribution in [3.63, 3.8) is 0 Å². The van der Waals surface area contributed by atoms with Crippen LogP contribution in [0.1, 0.15) is 22.8 Å². The molecule has 0 aliphatic carbocycles. The third-order valence-corrected chi connectivity index (χ3v) is 2.41. The lowest BCUT2D eigenvalue weighted by Crippen LogP contribution is -2.35. The molecule has 8 heteroatoms. The summed E-state index contributed by atoms with van der Waals surface area (Å²) in [6, 6.07) is 3.93. The number of benzene rings is 1. The molecule has 0 aliphatic heterocycles. The van der Waals surface area contributed by atoms with Crippen LogP contribution in [0, 0.1) is 6.92 Å². The van der Waals surface area contributed by atoms with E-state index in [2.05, 4.69) is 9.57 Å². The summed E-state index contributed by atoms with van der Waals surface area (Å²) in [5, 5.41) is 0.0851. The van der Waals surface area contributed by atoms with E-state index in [1.165, 1.54) is 25.1 Å². The zero-order chi connectivity index (χ0) is 15.5. The van der Waals surface area contributed by atoms with E-state index in [9.17, 15) is 22.8 Å². The number of esters is 1. The number of alkyl halides is 3. The highest BCUT2D eigenvalue weighted by molar-refractivity contribution is 5.96. The van der Waals surface area contributed by atoms with Crippen molar-refractivity contribution in [1.82, 2.24) is 0 Å². The van der Waals surface area contributed by atoms with Crippen LogP contribution in [0.5, 0.6) is 0 Å². The highest BCUT2D eigenvalue weighted by Crippen LogP contribution is 2.28. The lowest BCUT2D eigenvalue weighted by Gasteiger charge is -2.23. The quantitative estimate of drug-likeness (QED) is 0.634. The van der Waals surface area contributed by atoms with E-state index in [-0.39, 0.29) is 21.9 Å². The number of anilines is 1. The van der Waals surface area contributed by atoms with Gasteiger partial charge in [-0.15, -0.1) is 13.2 Å². The molecule has 5 nitrogen and oxygen atoms in total. The molecule has 0 fully saturated rings. The standard InChI is InChI=1S/C12H12F3NO4/c1-7-9(11(18)19-3)5-4-6-10(7)16(8(2)17)20-12(13,14)15/h4-6H,1-3H3. The number of hydroxylamine groups is 1. The molecule has 1 aromatic carbocycles. The molecule has 20 heavy (non-hydrogen) atoms. The van der Waals surface area contributed by atoms with Crippen LogP contribution in [0.25, 0.3) is 0 Å². The Morgan fingerprint density at radius 3 is 2.30 bits per heavy atom. The number of ether oxygens (including phenoxy) is 1. The van der Waals surface area contributed by atoms with Crippen LogP contribution in [0.2, 0.25) is 0 Å². The van der Waals surface area contributed by atoms with Gasteiger partial charge in [0.25, 0.3) is 0 Å². The van der Waals surface area contributed by atoms with E-state index in [4.69, 9.17) is 0 Å². The van der Waals surface area contributed by atoms with Crippen LogP contribution in [-0.4, -0.2) is 25.3 Å². The second-order valence-corrected chi connectivity index (χ2v) is 3.79. The summed E-state index contributed by atoms with van der Waals surface area (Å²) < 4.78 is 41.4. The Labute approximate surface area is 112 Å². The van der Waals surface area contributed by atoms with E-state index >= 15 is 0 Å². The molecule has 110 valence electrons. The zero-order valence-corrected chi connectivity index (χ0v) is 10.9. The second kappa shape index (κ2) is 5.91. The maximum absolute atomic E-state index is 12.3. The van der Waals surface area contributed by atoms with Gasteiger partial charge in [0, 0.05) is 6.92 Å². The molecule has 0 atom stereocenters. The number of amides is 1. The van der Waals surface area contributed by atoms with Gasteiger partial charge in [0.1, 0.15) is 0 Å². The highest BCUT2D eigenvalue weighted by atomic mass is 19.4. The SMILES string of the molecule is COC(=O)c1cccc(N(OC(F)(F)F)C(C)=O)c1C. The minimum atomic E-state index is -5.03. The predicted octanol–water partition coefficient (Wildman–Crippen LogP) is 2.59. The smallest absolute Gasteiger partial charge is 0.465 e. The summed E-state index contributed by atoms with van der Waals surface area (Å²) in [6.45, 7) is 2.30. The molecule has 0 heterocycles. The van der Waals surface area contributed by atoms with Crippen LogP contribution in [0.15, 0.2) is 18.2 Å². The van der Waals surface area contributed by atoms with Gasteiger partial charge in [-0.3, -0.25) is 4.79 Å². The van der Waals surface area contributed by atoms with Gasteiger partial charge in [-0.25, -0.2) is 4.79 Å². The van der Waals surface area contributed by atoms with Gasteiger partial charge in [-0.05, 0) is 24.6 Å². The summed E-state index contributed by atoms with van der Waals surface area (Å²) >= 11 is 0. The number of carbonyl (C=O) groups excluding carboxylic acids is 2. The van der Waals surface area contributed by atoms with Crippen molar-refractivity contribution in [2.24, 2.45) is 0 Å². The van der Waals surface area contributed by atoms with Crippen molar-refractivity contribution in [2.45, 2.75) is 20.2 Å². The minimum absolute atomic E-state index is 0.0435. The van der Waals surface area contributed by atoms with E-state index in [1.807, 2.05) is 0 Å². The Balaban J connectivity index is 3.28. The molecule has 0 aromatic heterocycles. The molecule has 0 saturated heterocycles. The van der Waals surface area contributed by atoms with Crippen molar-refractivity contribution in [3.8, 4) is 0 Å². The normalized spacial score (nSPS) is 11.1. The second-order valence-electron chi connectivity index (χ2n) is 3.79. The third kappa shape index (κ3) is 3.70. The molecule has 1 rings (SSSR count). The molecular weight excluding hydrogens is 279 g/mol. The van der Waals surface area contributed by atoms with Gasteiger partial charge in [-0.2, -0.15) is 9.90 Å². The Morgan fingerprint density at radius 1 is 1.25 bits per heavy atom. The fraction of sp³-hybridized carbons (Fsp3) is 0.333. The first-order valence-electron chi connectivity index (χ1n) is 5.42. The Bertz CT molecular complexity index is 528. The maximum Gasteiger partial charge on any atom is 0.544 e. The average Bonchev–Trinajstić information content (AvgIpc) is 2.34. The number of hydrogen-bond donors (Lipinski definition) is 0. The molecule has 1 aromatic rings. The van der Waals surface area contributed by atoms with Crippen LogP contribution in [0.3, 0.4) is 0 Å². The number of halogens is 3. The largest absolute Gasteiger partial charge is 0.544 e. The van der Waals surface area contributed by atoms with Crippen LogP contribution >= 0.6 is 0 Å². The fourth-order valence-corrected chi connectivity index (χ4v) is 1.56. The molecule has 0 N–H and O–H groups in total. The molecule has 0 unspecified atom stereocenters. The van der Waals surface area contributed by atoms with Crippen LogP contribution in [0.4, 0.5) is 18.9 Å². The van der Waals surface area contributed by atoms with Crippen molar-refractivity contribution < 1.29 is 32.3 Å². The monoisotopic (exact) mass is 291 g/mol. The van der Waals surface area contributed by atoms with Crippen LogP contribution in [-0.2, 0) is 14.4 Å². The van der Waals surface area contributed by atoms with E-state index in [1.54, 1.807) is 0 Å². The first-order valence-corrected chi connectivity index (χ1v) is 5.42. The van der Waals surface area contributed by atoms with Crippen molar-refractivity contribution >= 4 is 17.6 Å². The van der Waals surface area contributed by atoms with Crippen molar-refractivity contribution in [2.75, 3.05) is 12.2 Å². The Morgan fingerprint density at radius 2 is 1.85 bits per heavy atom. The summed E-state index contributed by atoms with van der Waals surface area (Å²) in [5.74, 6) is -1.70. The van der Waals surface area contributed by atoms with Gasteiger partial charge in [0.2, 0.25) is 5.91 Å². The number of carbonyl (C=O) groups is 2. The summed E-state index contributed by atoms with van der Waals surface area (Å²) in [6.07, 6.45) is -5.03. The molecule has 0 saturated carbocycles. The zero-order valence-electron chi connectivity index (χ0n) is 10.9. The highest BCUT2D eigenvalue weighted by Gasteiger charge is 2.36. The minimum Gasteiger partial charge on any atom is -0.465 e. The molecule has 0 aliphatic rings. The summed E-state index contributed by atoms with van der Waals surface area (Å²) in [7, 11) is 1.14. The summed E-state index contributed by atoms with van der Waals surface area (Å²) in [5.41, 5.74) is -0.00134. The molecule has 0 radical (unpaired) electrons. The average molecular weight is 291 g/mol. The van der Waals surface area contributed by atoms with E-state index in [0.29, 0.717) is 0 Å². The number of methoxy groups -OCH3 is 1. The Kier molecular flexibility index (Phi) is 4.72. The first-order chi connectivity index (χ1) is 9.17. The fourth-order valence-electron chi connectivity index (χ4n) is 1.56. The summed E-state index contributed by atoms with van der Waals surface area (Å²) in [4.78, 5) is 26.5. The molecule has 0 spiro atoms. The maximum atomic E-state index is 12.3. The van der Waals surface area contributed by atoms with Gasteiger partial charge < -0.3 is 4.74 Å². The Hall–Kier alpha value is -2.09. The van der Waals surface area contributed by atoms with Crippen LogP contribution < -0.4 is 5.06 Å². The van der Waals surface area contributed by atoms with Crippen molar-refractivity contribution in [3.05, 3.63) is 29.3 Å². The number of hydrogen-bond acceptors (Lipinski definition) is 4.